The Balaban J connectivity index is 1.01. The predicted octanol–water partition coefficient (Wildman–Crippen LogP) is 15.5. The summed E-state index contributed by atoms with van der Waals surface area (Å²) in [5.41, 5.74) is 16.5. The number of rotatable bonds is 8. The lowest BCUT2D eigenvalue weighted by molar-refractivity contribution is 0.622. The minimum atomic E-state index is 0.596. The first-order valence-corrected chi connectivity index (χ1v) is 19.9. The van der Waals surface area contributed by atoms with E-state index in [1.807, 2.05) is 42.5 Å². The molecule has 0 aliphatic rings. The average Bonchev–Trinajstić information content (AvgIpc) is 3.92. The van der Waals surface area contributed by atoms with Crippen molar-refractivity contribution in [3.8, 4) is 56.0 Å². The van der Waals surface area contributed by atoms with Crippen molar-refractivity contribution in [3.05, 3.63) is 218 Å². The molecule has 0 spiro atoms. The van der Waals surface area contributed by atoms with Crippen LogP contribution in [0.15, 0.2) is 227 Å². The second-order valence-electron chi connectivity index (χ2n) is 14.7. The van der Waals surface area contributed by atoms with Gasteiger partial charge in [-0.1, -0.05) is 146 Å². The summed E-state index contributed by atoms with van der Waals surface area (Å²) in [4.78, 5) is 7.17. The lowest BCUT2D eigenvalue weighted by Crippen LogP contribution is -2.10. The Morgan fingerprint density at radius 3 is 1.46 bits per heavy atom. The number of nitrogens with zero attached hydrogens (tertiary/aromatic N) is 2. The van der Waals surface area contributed by atoms with E-state index >= 15 is 0 Å². The van der Waals surface area contributed by atoms with Crippen LogP contribution in [0.5, 0.6) is 0 Å². The summed E-state index contributed by atoms with van der Waals surface area (Å²) < 4.78 is 12.8. The van der Waals surface area contributed by atoms with Gasteiger partial charge in [0.05, 0.1) is 5.39 Å². The van der Waals surface area contributed by atoms with Gasteiger partial charge in [0.2, 0.25) is 5.89 Å². The number of fused-ring (bicyclic) bond motifs is 5. The van der Waals surface area contributed by atoms with Gasteiger partial charge in [0.1, 0.15) is 16.7 Å². The van der Waals surface area contributed by atoms with Crippen LogP contribution in [0.1, 0.15) is 0 Å². The fraction of sp³-hybridized carbons (Fsp3) is 0. The molecule has 59 heavy (non-hydrogen) atoms. The van der Waals surface area contributed by atoms with Gasteiger partial charge < -0.3 is 13.7 Å². The van der Waals surface area contributed by atoms with Crippen molar-refractivity contribution in [3.63, 3.8) is 0 Å². The minimum absolute atomic E-state index is 0.596. The molecular formula is C55H36N2O2. The van der Waals surface area contributed by atoms with Crippen LogP contribution >= 0.6 is 0 Å². The average molecular weight is 757 g/mol. The molecule has 11 rings (SSSR count). The Bertz CT molecular complexity index is 3230. The highest BCUT2D eigenvalue weighted by Gasteiger charge is 2.19. The summed E-state index contributed by atoms with van der Waals surface area (Å²) in [6.07, 6.45) is 0. The Morgan fingerprint density at radius 2 is 0.831 bits per heavy atom. The summed E-state index contributed by atoms with van der Waals surface area (Å²) in [6.45, 7) is 0. The highest BCUT2D eigenvalue weighted by molar-refractivity contribution is 6.17. The highest BCUT2D eigenvalue weighted by atomic mass is 16.4. The second-order valence-corrected chi connectivity index (χ2v) is 14.7. The molecule has 4 heteroatoms. The quantitative estimate of drug-likeness (QED) is 0.155. The van der Waals surface area contributed by atoms with Crippen LogP contribution in [-0.2, 0) is 0 Å². The van der Waals surface area contributed by atoms with E-state index in [1.165, 1.54) is 33.4 Å². The molecule has 0 N–H and O–H groups in total. The maximum atomic E-state index is 6.43. The minimum Gasteiger partial charge on any atom is -0.456 e. The van der Waals surface area contributed by atoms with Gasteiger partial charge in [-0.05, 0) is 117 Å². The summed E-state index contributed by atoms with van der Waals surface area (Å²) in [5, 5.41) is 1.93. The van der Waals surface area contributed by atoms with Crippen LogP contribution in [-0.4, -0.2) is 4.98 Å². The molecule has 2 heterocycles. The molecule has 0 unspecified atom stereocenters. The first kappa shape index (κ1) is 34.3. The van der Waals surface area contributed by atoms with Crippen LogP contribution in [0.4, 0.5) is 17.1 Å². The summed E-state index contributed by atoms with van der Waals surface area (Å²) >= 11 is 0. The molecule has 0 aliphatic heterocycles. The molecule has 9 aromatic carbocycles. The number of furan rings is 1. The van der Waals surface area contributed by atoms with E-state index in [1.54, 1.807) is 0 Å². The smallest absolute Gasteiger partial charge is 0.227 e. The van der Waals surface area contributed by atoms with Crippen molar-refractivity contribution in [2.75, 3.05) is 4.90 Å². The van der Waals surface area contributed by atoms with Crippen molar-refractivity contribution >= 4 is 50.1 Å². The van der Waals surface area contributed by atoms with E-state index in [4.69, 9.17) is 13.8 Å². The molecule has 11 aromatic rings. The lowest BCUT2D eigenvalue weighted by Gasteiger charge is -2.27. The zero-order valence-corrected chi connectivity index (χ0v) is 32.0. The topological polar surface area (TPSA) is 42.4 Å². The third-order valence-corrected chi connectivity index (χ3v) is 11.1. The van der Waals surface area contributed by atoms with Crippen LogP contribution in [0.25, 0.3) is 89.0 Å². The van der Waals surface area contributed by atoms with Crippen LogP contribution < -0.4 is 4.90 Å². The Kier molecular flexibility index (Phi) is 8.45. The molecule has 0 bridgehead atoms. The largest absolute Gasteiger partial charge is 0.456 e. The van der Waals surface area contributed by atoms with E-state index in [-0.39, 0.29) is 0 Å². The summed E-state index contributed by atoms with van der Waals surface area (Å²) in [5.74, 6) is 0.596. The molecule has 278 valence electrons. The molecule has 0 aliphatic carbocycles. The van der Waals surface area contributed by atoms with Gasteiger partial charge in [0, 0.05) is 28.0 Å². The first-order valence-electron chi connectivity index (χ1n) is 19.9. The fourth-order valence-electron chi connectivity index (χ4n) is 8.21. The molecule has 0 atom stereocenters. The molecule has 0 saturated heterocycles. The Labute approximate surface area is 341 Å². The fourth-order valence-corrected chi connectivity index (χ4v) is 8.21. The summed E-state index contributed by atoms with van der Waals surface area (Å²) in [7, 11) is 0. The molecule has 0 amide bonds. The normalized spacial score (nSPS) is 11.4. The third-order valence-electron chi connectivity index (χ3n) is 11.1. The lowest BCUT2D eigenvalue weighted by atomic mass is 9.93. The molecule has 0 radical (unpaired) electrons. The van der Waals surface area contributed by atoms with Gasteiger partial charge >= 0.3 is 0 Å². The number of anilines is 3. The highest BCUT2D eigenvalue weighted by Crippen LogP contribution is 2.43. The van der Waals surface area contributed by atoms with Gasteiger partial charge in [0.25, 0.3) is 0 Å². The SMILES string of the molecule is c1ccc(-c2ccc(N(c3ccc(-c4ccc5oc6ccc7nc(-c8ccccc8)oc7c6c5c4)cc3)c3ccc(-c4ccccc4)c(-c4ccccc4)c3)cc2)cc1. The van der Waals surface area contributed by atoms with Crippen LogP contribution in [0.2, 0.25) is 0 Å². The number of hydrogen-bond acceptors (Lipinski definition) is 4. The Morgan fingerprint density at radius 1 is 0.339 bits per heavy atom. The number of oxazole rings is 1. The van der Waals surface area contributed by atoms with Crippen LogP contribution in [0, 0.1) is 0 Å². The van der Waals surface area contributed by atoms with Crippen LogP contribution in [0.3, 0.4) is 0 Å². The van der Waals surface area contributed by atoms with E-state index in [0.717, 1.165) is 66.8 Å². The van der Waals surface area contributed by atoms with Gasteiger partial charge in [-0.15, -0.1) is 0 Å². The maximum Gasteiger partial charge on any atom is 0.227 e. The predicted molar refractivity (Wildman–Crippen MR) is 243 cm³/mol. The first-order chi connectivity index (χ1) is 29.2. The van der Waals surface area contributed by atoms with Crippen molar-refractivity contribution < 1.29 is 8.83 Å². The van der Waals surface area contributed by atoms with E-state index in [0.29, 0.717) is 5.89 Å². The maximum absolute atomic E-state index is 6.43. The van der Waals surface area contributed by atoms with E-state index < -0.39 is 0 Å². The number of hydrogen-bond donors (Lipinski definition) is 0. The van der Waals surface area contributed by atoms with Crippen molar-refractivity contribution in [1.29, 1.82) is 0 Å². The van der Waals surface area contributed by atoms with E-state index in [2.05, 4.69) is 181 Å². The van der Waals surface area contributed by atoms with Gasteiger partial charge in [-0.2, -0.15) is 0 Å². The monoisotopic (exact) mass is 756 g/mol. The zero-order valence-electron chi connectivity index (χ0n) is 32.0. The van der Waals surface area contributed by atoms with Crippen molar-refractivity contribution in [2.24, 2.45) is 0 Å². The zero-order chi connectivity index (χ0) is 39.1. The van der Waals surface area contributed by atoms with Gasteiger partial charge in [-0.3, -0.25) is 0 Å². The van der Waals surface area contributed by atoms with Crippen molar-refractivity contribution in [2.45, 2.75) is 0 Å². The van der Waals surface area contributed by atoms with Crippen molar-refractivity contribution in [1.82, 2.24) is 4.98 Å². The summed E-state index contributed by atoms with van der Waals surface area (Å²) in [6, 6.07) is 76.7. The number of aromatic nitrogens is 1. The molecule has 0 fully saturated rings. The molecule has 2 aromatic heterocycles. The molecule has 0 saturated carbocycles. The van der Waals surface area contributed by atoms with Gasteiger partial charge in [0.15, 0.2) is 5.58 Å². The molecule has 4 nitrogen and oxygen atoms in total. The van der Waals surface area contributed by atoms with E-state index in [9.17, 15) is 0 Å². The molecular weight excluding hydrogens is 721 g/mol. The third kappa shape index (κ3) is 6.34. The standard InChI is InChI=1S/C55H36N2O2/c1-5-13-37(14-6-1)38-21-26-44(27-22-38)57(46-30-31-47(40-15-7-2-8-16-40)48(36-46)41-17-9-3-10-18-41)45-28-23-39(24-29-45)43-25-33-51-49(35-43)53-52(58-51)34-32-50-54(53)59-55(56-50)42-19-11-4-12-20-42/h1-36H. The second kappa shape index (κ2) is 14.5. The van der Waals surface area contributed by atoms with Gasteiger partial charge in [-0.25, -0.2) is 4.98 Å². The Hall–Kier alpha value is -7.95. The number of benzene rings is 9.